The Balaban J connectivity index is 0.748. The van der Waals surface area contributed by atoms with E-state index in [-0.39, 0.29) is 36.7 Å². The molecule has 58 heavy (non-hydrogen) atoms. The Hall–Kier alpha value is -5.19. The van der Waals surface area contributed by atoms with Gasteiger partial charge in [-0.2, -0.15) is 5.26 Å². The highest BCUT2D eigenvalue weighted by atomic mass is 35.5. The van der Waals surface area contributed by atoms with Crippen molar-refractivity contribution >= 4 is 46.8 Å². The fourth-order valence-electron chi connectivity index (χ4n) is 9.31. The van der Waals surface area contributed by atoms with E-state index in [1.165, 1.54) is 5.70 Å². The van der Waals surface area contributed by atoms with Crippen molar-refractivity contribution in [3.8, 4) is 11.8 Å². The molecule has 1 saturated carbocycles. The van der Waals surface area contributed by atoms with Crippen molar-refractivity contribution in [3.05, 3.63) is 82.0 Å². The molecule has 5 amide bonds. The highest BCUT2D eigenvalue weighted by molar-refractivity contribution is 6.31. The molecule has 2 aromatic rings. The van der Waals surface area contributed by atoms with E-state index in [1.54, 1.807) is 30.3 Å². The van der Waals surface area contributed by atoms with Crippen LogP contribution in [-0.4, -0.2) is 108 Å². The lowest BCUT2D eigenvalue weighted by Crippen LogP contribution is -2.54. The number of piperidine rings is 2. The van der Waals surface area contributed by atoms with Crippen LogP contribution < -0.4 is 20.3 Å². The predicted octanol–water partition coefficient (Wildman–Crippen LogP) is 4.80. The van der Waals surface area contributed by atoms with Crippen LogP contribution in [-0.2, 0) is 14.4 Å². The number of ether oxygens (including phenoxy) is 1. The molecule has 2 unspecified atom stereocenters. The first-order chi connectivity index (χ1) is 28.0. The third-order valence-corrected chi connectivity index (χ3v) is 13.1. The average molecular weight is 808 g/mol. The summed E-state index contributed by atoms with van der Waals surface area (Å²) in [5, 5.41) is 15.1. The first-order valence-corrected chi connectivity index (χ1v) is 21.0. The topological polar surface area (TPSA) is 155 Å². The third kappa shape index (κ3) is 8.36. The Bertz CT molecular complexity index is 2090. The lowest BCUT2D eigenvalue weighted by Gasteiger charge is -2.41. The summed E-state index contributed by atoms with van der Waals surface area (Å²) in [6.45, 7) is 8.60. The number of halogens is 1. The van der Waals surface area contributed by atoms with E-state index in [2.05, 4.69) is 56.6 Å². The number of nitrogens with zero attached hydrogens (tertiary/aromatic N) is 5. The molecular weight excluding hydrogens is 758 g/mol. The van der Waals surface area contributed by atoms with Crippen molar-refractivity contribution in [1.82, 2.24) is 25.3 Å². The maximum Gasteiger partial charge on any atom is 0.262 e. The standard InChI is InChI=1S/C44H50ClN7O6/c1-44(48-40(54)29-2-6-33(7-3-29)58-34-8-4-30(26-46)37(45)25-34)16-12-31(13-17-44)50-18-14-28(15-19-50)27-49-20-22-51(23-21-49)32-5-9-35-36(24-32)43(57)52(42(35)56)38-10-11-39(53)47-41(38)55/h4-5,8-9,12-13,16,24-25,28-29,33,38H,2-3,6-7,10-11,14-15,17-23,27H2,1H3,(H,48,54)(H,47,53,55). The SMILES string of the molecule is CC1(NC(=O)C2CCC(Oc3ccc(C#N)c(Cl)c3)CC2)C=CC(N2CCC(CN3CCN(c4ccc5c(c4)C(=O)N(C4CCC(=O)NC4=O)C5=O)CC3)CC2)=CC1. The van der Waals surface area contributed by atoms with Gasteiger partial charge in [-0.1, -0.05) is 23.8 Å². The van der Waals surface area contributed by atoms with Crippen molar-refractivity contribution in [3.63, 3.8) is 0 Å². The van der Waals surface area contributed by atoms with Crippen molar-refractivity contribution < 1.29 is 28.7 Å². The van der Waals surface area contributed by atoms with Gasteiger partial charge < -0.3 is 19.9 Å². The lowest BCUT2D eigenvalue weighted by molar-refractivity contribution is -0.136. The van der Waals surface area contributed by atoms with Crippen LogP contribution in [0.3, 0.4) is 0 Å². The molecule has 8 rings (SSSR count). The number of likely N-dealkylation sites (tertiary alicyclic amines) is 1. The molecule has 13 nitrogen and oxygen atoms in total. The van der Waals surface area contributed by atoms with Crippen LogP contribution in [0.4, 0.5) is 5.69 Å². The van der Waals surface area contributed by atoms with Crippen LogP contribution in [0.2, 0.25) is 5.02 Å². The zero-order valence-corrected chi connectivity index (χ0v) is 33.6. The minimum absolute atomic E-state index is 0.0206. The van der Waals surface area contributed by atoms with Crippen molar-refractivity contribution in [2.75, 3.05) is 50.7 Å². The summed E-state index contributed by atoms with van der Waals surface area (Å²) >= 11 is 6.17. The quantitative estimate of drug-likeness (QED) is 0.338. The number of imide groups is 2. The van der Waals surface area contributed by atoms with Gasteiger partial charge in [-0.25, -0.2) is 0 Å². The number of piperazine rings is 1. The number of anilines is 1. The van der Waals surface area contributed by atoms with Crippen LogP contribution >= 0.6 is 11.6 Å². The molecule has 6 aliphatic rings. The van der Waals surface area contributed by atoms with Crippen molar-refractivity contribution in [2.45, 2.75) is 82.4 Å². The minimum Gasteiger partial charge on any atom is -0.490 e. The van der Waals surface area contributed by atoms with Crippen LogP contribution in [0.15, 0.2) is 60.3 Å². The van der Waals surface area contributed by atoms with Gasteiger partial charge in [0.15, 0.2) is 0 Å². The number of carbonyl (C=O) groups is 5. The average Bonchev–Trinajstić information content (AvgIpc) is 3.47. The Morgan fingerprint density at radius 2 is 1.66 bits per heavy atom. The summed E-state index contributed by atoms with van der Waals surface area (Å²) in [5.41, 5.74) is 2.74. The zero-order chi connectivity index (χ0) is 40.6. The first-order valence-electron chi connectivity index (χ1n) is 20.6. The molecule has 0 spiro atoms. The molecule has 4 aliphatic heterocycles. The van der Waals surface area contributed by atoms with Crippen molar-refractivity contribution in [1.29, 1.82) is 5.26 Å². The smallest absolute Gasteiger partial charge is 0.262 e. The number of fused-ring (bicyclic) bond motifs is 1. The van der Waals surface area contributed by atoms with Crippen LogP contribution in [0, 0.1) is 23.2 Å². The van der Waals surface area contributed by atoms with Gasteiger partial charge in [0.05, 0.1) is 33.4 Å². The summed E-state index contributed by atoms with van der Waals surface area (Å²) in [6.07, 6.45) is 12.9. The van der Waals surface area contributed by atoms with Crippen LogP contribution in [0.1, 0.15) is 91.0 Å². The Morgan fingerprint density at radius 1 is 0.914 bits per heavy atom. The lowest BCUT2D eigenvalue weighted by atomic mass is 9.85. The molecule has 2 atom stereocenters. The maximum absolute atomic E-state index is 13.3. The summed E-state index contributed by atoms with van der Waals surface area (Å²) in [5.74, 6) is -0.634. The Kier molecular flexibility index (Phi) is 11.3. The van der Waals surface area contributed by atoms with E-state index < -0.39 is 29.3 Å². The predicted molar refractivity (Wildman–Crippen MR) is 217 cm³/mol. The molecule has 0 bridgehead atoms. The molecule has 4 heterocycles. The molecule has 0 radical (unpaired) electrons. The summed E-state index contributed by atoms with van der Waals surface area (Å²) in [7, 11) is 0. The number of benzene rings is 2. The third-order valence-electron chi connectivity index (χ3n) is 12.8. The van der Waals surface area contributed by atoms with E-state index in [9.17, 15) is 24.0 Å². The van der Waals surface area contributed by atoms with Crippen molar-refractivity contribution in [2.24, 2.45) is 11.8 Å². The summed E-state index contributed by atoms with van der Waals surface area (Å²) < 4.78 is 6.12. The molecule has 0 aromatic heterocycles. The molecule has 2 N–H and O–H groups in total. The summed E-state index contributed by atoms with van der Waals surface area (Å²) in [6, 6.07) is 11.6. The highest BCUT2D eigenvalue weighted by Gasteiger charge is 2.45. The number of carbonyl (C=O) groups excluding carboxylic acids is 5. The van der Waals surface area contributed by atoms with Gasteiger partial charge in [-0.05, 0) is 101 Å². The van der Waals surface area contributed by atoms with Gasteiger partial charge in [-0.15, -0.1) is 0 Å². The molecule has 14 heteroatoms. The summed E-state index contributed by atoms with van der Waals surface area (Å²) in [4.78, 5) is 72.1. The van der Waals surface area contributed by atoms with Gasteiger partial charge in [-0.3, -0.25) is 39.1 Å². The van der Waals surface area contributed by atoms with Gasteiger partial charge in [0.2, 0.25) is 17.7 Å². The van der Waals surface area contributed by atoms with Crippen LogP contribution in [0.25, 0.3) is 0 Å². The Morgan fingerprint density at radius 3 is 2.33 bits per heavy atom. The second-order valence-corrected chi connectivity index (χ2v) is 17.2. The van der Waals surface area contributed by atoms with E-state index in [0.29, 0.717) is 33.4 Å². The van der Waals surface area contributed by atoms with E-state index in [1.807, 2.05) is 6.07 Å². The number of allylic oxidation sites excluding steroid dienone is 1. The molecular formula is C44H50ClN7O6. The fourth-order valence-corrected chi connectivity index (χ4v) is 9.52. The van der Waals surface area contributed by atoms with E-state index in [4.69, 9.17) is 21.6 Å². The number of nitriles is 1. The van der Waals surface area contributed by atoms with E-state index in [0.717, 1.165) is 101 Å². The minimum atomic E-state index is -0.969. The molecule has 2 aromatic carbocycles. The molecule has 304 valence electrons. The second kappa shape index (κ2) is 16.6. The largest absolute Gasteiger partial charge is 0.490 e. The number of hydrogen-bond acceptors (Lipinski definition) is 10. The normalized spacial score (nSPS) is 26.9. The zero-order valence-electron chi connectivity index (χ0n) is 32.9. The molecule has 4 fully saturated rings. The number of hydrogen-bond donors (Lipinski definition) is 2. The Labute approximate surface area is 344 Å². The first kappa shape index (κ1) is 39.6. The molecule has 2 aliphatic carbocycles. The fraction of sp³-hybridized carbons (Fsp3) is 0.500. The van der Waals surface area contributed by atoms with Gasteiger partial charge in [0.25, 0.3) is 11.8 Å². The number of rotatable bonds is 9. The van der Waals surface area contributed by atoms with Crippen LogP contribution in [0.5, 0.6) is 5.75 Å². The number of nitrogens with one attached hydrogen (secondary N) is 2. The number of amides is 5. The second-order valence-electron chi connectivity index (χ2n) is 16.8. The van der Waals surface area contributed by atoms with Gasteiger partial charge in [0.1, 0.15) is 17.9 Å². The monoisotopic (exact) mass is 807 g/mol. The molecule has 3 saturated heterocycles. The van der Waals surface area contributed by atoms with Gasteiger partial charge in [0, 0.05) is 75.6 Å². The van der Waals surface area contributed by atoms with E-state index >= 15 is 0 Å². The van der Waals surface area contributed by atoms with Gasteiger partial charge >= 0.3 is 0 Å². The maximum atomic E-state index is 13.3. The highest BCUT2D eigenvalue weighted by Crippen LogP contribution is 2.34.